The Bertz CT molecular complexity index is 443. The fourth-order valence-electron chi connectivity index (χ4n) is 2.04. The van der Waals surface area contributed by atoms with Gasteiger partial charge in [0, 0.05) is 6.54 Å². The van der Waals surface area contributed by atoms with Gasteiger partial charge in [-0.3, -0.25) is 9.69 Å². The van der Waals surface area contributed by atoms with Gasteiger partial charge in [-0.1, -0.05) is 0 Å². The topological polar surface area (TPSA) is 74.6 Å². The summed E-state index contributed by atoms with van der Waals surface area (Å²) in [6.45, 7) is 2.82. The number of carbonyl (C=O) groups is 2. The molecule has 2 N–H and O–H groups in total. The van der Waals surface area contributed by atoms with Crippen molar-refractivity contribution in [1.29, 1.82) is 0 Å². The molecular weight excluding hydrogens is 234 g/mol. The molecule has 1 saturated heterocycles. The van der Waals surface area contributed by atoms with Crippen LogP contribution in [0, 0.1) is 0 Å². The molecule has 98 valence electrons. The van der Waals surface area contributed by atoms with E-state index in [1.54, 1.807) is 19.1 Å². The van der Waals surface area contributed by atoms with Gasteiger partial charge < -0.3 is 15.1 Å². The van der Waals surface area contributed by atoms with Crippen LogP contribution >= 0.6 is 0 Å². The van der Waals surface area contributed by atoms with Gasteiger partial charge in [0.15, 0.2) is 5.54 Å². The molecule has 1 unspecified atom stereocenters. The summed E-state index contributed by atoms with van der Waals surface area (Å²) >= 11 is 0. The van der Waals surface area contributed by atoms with Crippen LogP contribution in [0.15, 0.2) is 22.8 Å². The van der Waals surface area contributed by atoms with Crippen LogP contribution in [-0.2, 0) is 10.3 Å². The van der Waals surface area contributed by atoms with E-state index in [0.717, 1.165) is 13.0 Å². The Balaban J connectivity index is 2.13. The number of hydrogen-bond acceptors (Lipinski definition) is 4. The van der Waals surface area contributed by atoms with Crippen LogP contribution in [0.3, 0.4) is 0 Å². The Morgan fingerprint density at radius 2 is 2.28 bits per heavy atom. The maximum Gasteiger partial charge on any atom is 0.325 e. The lowest BCUT2D eigenvalue weighted by Gasteiger charge is -2.18. The van der Waals surface area contributed by atoms with E-state index in [2.05, 4.69) is 10.6 Å². The zero-order valence-electron chi connectivity index (χ0n) is 10.5. The number of nitrogens with one attached hydrogen (secondary N) is 2. The molecule has 1 atom stereocenters. The summed E-state index contributed by atoms with van der Waals surface area (Å²) in [6, 6.07) is 3.02. The molecule has 0 bridgehead atoms. The summed E-state index contributed by atoms with van der Waals surface area (Å²) in [5, 5.41) is 5.66. The fourth-order valence-corrected chi connectivity index (χ4v) is 2.04. The molecule has 0 spiro atoms. The predicted molar refractivity (Wildman–Crippen MR) is 64.8 cm³/mol. The Kier molecular flexibility index (Phi) is 3.38. The van der Waals surface area contributed by atoms with E-state index >= 15 is 0 Å². The first-order chi connectivity index (χ1) is 8.59. The molecule has 1 aromatic heterocycles. The van der Waals surface area contributed by atoms with E-state index in [1.165, 1.54) is 11.2 Å². The quantitative estimate of drug-likeness (QED) is 0.595. The lowest BCUT2D eigenvalue weighted by molar-refractivity contribution is -0.131. The molecule has 1 aromatic rings. The monoisotopic (exact) mass is 251 g/mol. The zero-order chi connectivity index (χ0) is 13.2. The van der Waals surface area contributed by atoms with Crippen molar-refractivity contribution in [1.82, 2.24) is 15.5 Å². The maximum absolute atomic E-state index is 12.3. The molecule has 2 rings (SSSR count). The Labute approximate surface area is 105 Å². The number of imide groups is 1. The van der Waals surface area contributed by atoms with Gasteiger partial charge >= 0.3 is 6.03 Å². The highest BCUT2D eigenvalue weighted by Gasteiger charge is 2.50. The lowest BCUT2D eigenvalue weighted by atomic mass is 9.99. The molecule has 3 amide bonds. The number of amides is 3. The lowest BCUT2D eigenvalue weighted by Crippen LogP contribution is -2.40. The third-order valence-corrected chi connectivity index (χ3v) is 3.10. The molecule has 1 aliphatic heterocycles. The van der Waals surface area contributed by atoms with Crippen molar-refractivity contribution in [2.45, 2.75) is 18.9 Å². The summed E-state index contributed by atoms with van der Waals surface area (Å²) in [4.78, 5) is 25.4. The number of furan rings is 1. The van der Waals surface area contributed by atoms with Gasteiger partial charge in [-0.2, -0.15) is 0 Å². The number of nitrogens with zero attached hydrogens (tertiary/aromatic N) is 1. The van der Waals surface area contributed by atoms with Crippen molar-refractivity contribution < 1.29 is 14.0 Å². The van der Waals surface area contributed by atoms with Gasteiger partial charge in [-0.15, -0.1) is 0 Å². The average Bonchev–Trinajstić information content (AvgIpc) is 2.93. The van der Waals surface area contributed by atoms with E-state index in [1.807, 2.05) is 7.05 Å². The molecule has 18 heavy (non-hydrogen) atoms. The minimum absolute atomic E-state index is 0.265. The average molecular weight is 251 g/mol. The Hall–Kier alpha value is -1.82. The van der Waals surface area contributed by atoms with Crippen LogP contribution in [0.2, 0.25) is 0 Å². The molecule has 1 aliphatic rings. The van der Waals surface area contributed by atoms with Gasteiger partial charge in [0.2, 0.25) is 0 Å². The minimum atomic E-state index is -1.08. The highest BCUT2D eigenvalue weighted by Crippen LogP contribution is 2.28. The van der Waals surface area contributed by atoms with Gasteiger partial charge in [-0.05, 0) is 39.1 Å². The largest absolute Gasteiger partial charge is 0.466 e. The minimum Gasteiger partial charge on any atom is -0.466 e. The Morgan fingerprint density at radius 1 is 1.50 bits per heavy atom. The molecule has 1 fully saturated rings. The van der Waals surface area contributed by atoms with Gasteiger partial charge in [0.1, 0.15) is 5.76 Å². The predicted octanol–water partition coefficient (Wildman–Crippen LogP) is 0.656. The maximum atomic E-state index is 12.3. The van der Waals surface area contributed by atoms with Crippen molar-refractivity contribution >= 4 is 11.9 Å². The third kappa shape index (κ3) is 1.99. The summed E-state index contributed by atoms with van der Waals surface area (Å²) in [7, 11) is 1.83. The molecule has 0 aromatic carbocycles. The molecule has 0 saturated carbocycles. The normalized spacial score (nSPS) is 23.6. The van der Waals surface area contributed by atoms with E-state index in [4.69, 9.17) is 4.42 Å². The van der Waals surface area contributed by atoms with E-state index in [9.17, 15) is 9.59 Å². The highest BCUT2D eigenvalue weighted by atomic mass is 16.3. The number of carbonyl (C=O) groups excluding carboxylic acids is 2. The van der Waals surface area contributed by atoms with Crippen molar-refractivity contribution in [3.05, 3.63) is 24.2 Å². The van der Waals surface area contributed by atoms with E-state index < -0.39 is 5.54 Å². The van der Waals surface area contributed by atoms with Crippen LogP contribution < -0.4 is 10.6 Å². The molecule has 6 heteroatoms. The fraction of sp³-hybridized carbons (Fsp3) is 0.500. The number of rotatable bonds is 5. The summed E-state index contributed by atoms with van der Waals surface area (Å²) in [5.74, 6) is 0.190. The first-order valence-electron chi connectivity index (χ1n) is 5.92. The SMILES string of the molecule is CNCCCN1C(=O)NC(C)(c2ccco2)C1=O. The second-order valence-corrected chi connectivity index (χ2v) is 4.45. The zero-order valence-corrected chi connectivity index (χ0v) is 10.5. The first kappa shape index (κ1) is 12.6. The third-order valence-electron chi connectivity index (χ3n) is 3.10. The molecule has 0 radical (unpaired) electrons. The van der Waals surface area contributed by atoms with Crippen molar-refractivity contribution in [2.24, 2.45) is 0 Å². The standard InChI is InChI=1S/C12H17N3O3/c1-12(9-5-3-8-18-9)10(16)15(11(17)14-12)7-4-6-13-2/h3,5,8,13H,4,6-7H2,1-2H3,(H,14,17). The molecule has 6 nitrogen and oxygen atoms in total. The smallest absolute Gasteiger partial charge is 0.325 e. The first-order valence-corrected chi connectivity index (χ1v) is 5.92. The van der Waals surface area contributed by atoms with Crippen LogP contribution in [0.4, 0.5) is 4.79 Å². The summed E-state index contributed by atoms with van der Waals surface area (Å²) in [5.41, 5.74) is -1.08. The van der Waals surface area contributed by atoms with E-state index in [0.29, 0.717) is 12.3 Å². The van der Waals surface area contributed by atoms with Crippen molar-refractivity contribution in [3.8, 4) is 0 Å². The van der Waals surface area contributed by atoms with Crippen LogP contribution in [-0.4, -0.2) is 37.0 Å². The van der Waals surface area contributed by atoms with Gasteiger partial charge in [0.05, 0.1) is 6.26 Å². The summed E-state index contributed by atoms with van der Waals surface area (Å²) in [6.07, 6.45) is 2.22. The van der Waals surface area contributed by atoms with Crippen LogP contribution in [0.1, 0.15) is 19.1 Å². The Morgan fingerprint density at radius 3 is 2.89 bits per heavy atom. The molecular formula is C12H17N3O3. The van der Waals surface area contributed by atoms with Gasteiger partial charge in [-0.25, -0.2) is 4.79 Å². The number of urea groups is 1. The molecule has 0 aliphatic carbocycles. The van der Waals surface area contributed by atoms with Gasteiger partial charge in [0.25, 0.3) is 5.91 Å². The van der Waals surface area contributed by atoms with E-state index in [-0.39, 0.29) is 11.9 Å². The highest BCUT2D eigenvalue weighted by molar-refractivity contribution is 6.06. The second-order valence-electron chi connectivity index (χ2n) is 4.45. The summed E-state index contributed by atoms with van der Waals surface area (Å²) < 4.78 is 5.24. The van der Waals surface area contributed by atoms with Crippen LogP contribution in [0.5, 0.6) is 0 Å². The van der Waals surface area contributed by atoms with Crippen LogP contribution in [0.25, 0.3) is 0 Å². The molecule has 2 heterocycles. The second kappa shape index (κ2) is 4.81. The number of hydrogen-bond donors (Lipinski definition) is 2. The van der Waals surface area contributed by atoms with Crippen molar-refractivity contribution in [3.63, 3.8) is 0 Å². The van der Waals surface area contributed by atoms with Crippen molar-refractivity contribution in [2.75, 3.05) is 20.1 Å².